The molecule has 0 N–H and O–H groups in total. The lowest BCUT2D eigenvalue weighted by atomic mass is 10.2. The third-order valence-corrected chi connectivity index (χ3v) is 3.76. The molecule has 0 spiro atoms. The van der Waals surface area contributed by atoms with Gasteiger partial charge >= 0.3 is 0 Å². The minimum absolute atomic E-state index is 0.0729. The standard InChI is InChI=1S/C15H16N6O/c1-2-4-14-13(3-1)17-7-15(19-14)20-5-6-22-12(8-20)9-21-11-16-10-18-21/h1-4,7,10-12H,5-6,8-9H2. The fraction of sp³-hybridized carbons (Fsp3) is 0.333. The predicted molar refractivity (Wildman–Crippen MR) is 81.5 cm³/mol. The van der Waals surface area contributed by atoms with Gasteiger partial charge < -0.3 is 9.64 Å². The van der Waals surface area contributed by atoms with E-state index in [2.05, 4.69) is 20.0 Å². The lowest BCUT2D eigenvalue weighted by Crippen LogP contribution is -2.44. The fourth-order valence-electron chi connectivity index (χ4n) is 2.67. The Morgan fingerprint density at radius 3 is 3.00 bits per heavy atom. The number of ether oxygens (including phenoxy) is 1. The van der Waals surface area contributed by atoms with Crippen LogP contribution in [0.1, 0.15) is 0 Å². The lowest BCUT2D eigenvalue weighted by molar-refractivity contribution is 0.0271. The average Bonchev–Trinajstić information content (AvgIpc) is 3.08. The first-order valence-electron chi connectivity index (χ1n) is 7.29. The van der Waals surface area contributed by atoms with Crippen molar-refractivity contribution in [1.82, 2.24) is 24.7 Å². The second-order valence-electron chi connectivity index (χ2n) is 5.27. The summed E-state index contributed by atoms with van der Waals surface area (Å²) in [5.74, 6) is 0.894. The number of hydrogen-bond acceptors (Lipinski definition) is 6. The van der Waals surface area contributed by atoms with Crippen LogP contribution in [0.3, 0.4) is 0 Å². The third kappa shape index (κ3) is 2.62. The van der Waals surface area contributed by atoms with Crippen LogP contribution in [0.25, 0.3) is 11.0 Å². The molecule has 0 radical (unpaired) electrons. The predicted octanol–water partition coefficient (Wildman–Crippen LogP) is 1.13. The van der Waals surface area contributed by atoms with Crippen LogP contribution in [-0.2, 0) is 11.3 Å². The van der Waals surface area contributed by atoms with Crippen molar-refractivity contribution >= 4 is 16.9 Å². The largest absolute Gasteiger partial charge is 0.373 e. The molecule has 0 aliphatic carbocycles. The maximum absolute atomic E-state index is 5.81. The lowest BCUT2D eigenvalue weighted by Gasteiger charge is -2.33. The molecule has 1 unspecified atom stereocenters. The fourth-order valence-corrected chi connectivity index (χ4v) is 2.67. The first kappa shape index (κ1) is 13.1. The van der Waals surface area contributed by atoms with Crippen LogP contribution in [0, 0.1) is 0 Å². The summed E-state index contributed by atoms with van der Waals surface area (Å²) in [7, 11) is 0. The number of morpholine rings is 1. The van der Waals surface area contributed by atoms with E-state index in [1.54, 1.807) is 11.0 Å². The van der Waals surface area contributed by atoms with E-state index in [0.717, 1.165) is 29.9 Å². The van der Waals surface area contributed by atoms with Gasteiger partial charge in [0, 0.05) is 13.1 Å². The second-order valence-corrected chi connectivity index (χ2v) is 5.27. The molecular formula is C15H16N6O. The maximum Gasteiger partial charge on any atom is 0.148 e. The van der Waals surface area contributed by atoms with E-state index in [4.69, 9.17) is 9.72 Å². The van der Waals surface area contributed by atoms with E-state index in [0.29, 0.717) is 13.2 Å². The average molecular weight is 296 g/mol. The number of fused-ring (bicyclic) bond motifs is 1. The van der Waals surface area contributed by atoms with Crippen LogP contribution >= 0.6 is 0 Å². The maximum atomic E-state index is 5.81. The molecule has 3 heterocycles. The summed E-state index contributed by atoms with van der Waals surface area (Å²) in [5.41, 5.74) is 1.83. The summed E-state index contributed by atoms with van der Waals surface area (Å²) in [6, 6.07) is 7.91. The molecule has 1 aliphatic heterocycles. The molecule has 0 bridgehead atoms. The zero-order valence-electron chi connectivity index (χ0n) is 12.0. The molecule has 22 heavy (non-hydrogen) atoms. The number of anilines is 1. The molecule has 1 aliphatic rings. The van der Waals surface area contributed by atoms with Crippen molar-refractivity contribution in [3.05, 3.63) is 43.1 Å². The highest BCUT2D eigenvalue weighted by atomic mass is 16.5. The summed E-state index contributed by atoms with van der Waals surface area (Å²) < 4.78 is 7.60. The van der Waals surface area contributed by atoms with Crippen LogP contribution in [0.4, 0.5) is 5.82 Å². The number of hydrogen-bond donors (Lipinski definition) is 0. The highest BCUT2D eigenvalue weighted by molar-refractivity contribution is 5.75. The molecule has 0 saturated carbocycles. The van der Waals surface area contributed by atoms with Crippen molar-refractivity contribution in [2.45, 2.75) is 12.6 Å². The van der Waals surface area contributed by atoms with Gasteiger partial charge in [0.25, 0.3) is 0 Å². The Balaban J connectivity index is 1.53. The Bertz CT molecular complexity index is 760. The van der Waals surface area contributed by atoms with Gasteiger partial charge in [-0.2, -0.15) is 5.10 Å². The molecule has 112 valence electrons. The highest BCUT2D eigenvalue weighted by Gasteiger charge is 2.22. The molecule has 2 aromatic heterocycles. The Hall–Kier alpha value is -2.54. The Morgan fingerprint density at radius 1 is 1.23 bits per heavy atom. The number of aromatic nitrogens is 5. The molecule has 7 nitrogen and oxygen atoms in total. The molecule has 1 saturated heterocycles. The topological polar surface area (TPSA) is 69.0 Å². The molecule has 7 heteroatoms. The molecule has 3 aromatic rings. The van der Waals surface area contributed by atoms with Crippen molar-refractivity contribution in [2.24, 2.45) is 0 Å². The van der Waals surface area contributed by atoms with Gasteiger partial charge in [0.15, 0.2) is 0 Å². The normalized spacial score (nSPS) is 18.7. The van der Waals surface area contributed by atoms with Gasteiger partial charge in [0.1, 0.15) is 18.5 Å². The molecule has 1 atom stereocenters. The number of nitrogens with zero attached hydrogens (tertiary/aromatic N) is 6. The van der Waals surface area contributed by atoms with Crippen molar-refractivity contribution in [2.75, 3.05) is 24.6 Å². The van der Waals surface area contributed by atoms with Crippen LogP contribution in [-0.4, -0.2) is 50.5 Å². The molecule has 1 fully saturated rings. The third-order valence-electron chi connectivity index (χ3n) is 3.76. The summed E-state index contributed by atoms with van der Waals surface area (Å²) >= 11 is 0. The Kier molecular flexibility index (Phi) is 3.40. The zero-order valence-corrected chi connectivity index (χ0v) is 12.0. The van der Waals surface area contributed by atoms with Gasteiger partial charge in [-0.25, -0.2) is 9.97 Å². The zero-order chi connectivity index (χ0) is 14.8. The number of para-hydroxylation sites is 2. The monoisotopic (exact) mass is 296 g/mol. The highest BCUT2D eigenvalue weighted by Crippen LogP contribution is 2.18. The van der Waals surface area contributed by atoms with Crippen molar-refractivity contribution in [3.63, 3.8) is 0 Å². The smallest absolute Gasteiger partial charge is 0.148 e. The second kappa shape index (κ2) is 5.69. The van der Waals surface area contributed by atoms with Gasteiger partial charge in [-0.05, 0) is 12.1 Å². The summed E-state index contributed by atoms with van der Waals surface area (Å²) in [6.07, 6.45) is 5.15. The van der Waals surface area contributed by atoms with Gasteiger partial charge in [0.2, 0.25) is 0 Å². The Morgan fingerprint density at radius 2 is 2.14 bits per heavy atom. The van der Waals surface area contributed by atoms with E-state index < -0.39 is 0 Å². The van der Waals surface area contributed by atoms with Gasteiger partial charge in [-0.1, -0.05) is 12.1 Å². The van der Waals surface area contributed by atoms with Gasteiger partial charge in [-0.3, -0.25) is 9.67 Å². The minimum atomic E-state index is 0.0729. The van der Waals surface area contributed by atoms with E-state index in [9.17, 15) is 0 Å². The van der Waals surface area contributed by atoms with Crippen molar-refractivity contribution in [1.29, 1.82) is 0 Å². The first-order valence-corrected chi connectivity index (χ1v) is 7.29. The van der Waals surface area contributed by atoms with Crippen LogP contribution < -0.4 is 4.90 Å². The first-order chi connectivity index (χ1) is 10.9. The minimum Gasteiger partial charge on any atom is -0.373 e. The molecule has 4 rings (SSSR count). The van der Waals surface area contributed by atoms with Crippen molar-refractivity contribution in [3.8, 4) is 0 Å². The van der Waals surface area contributed by atoms with Gasteiger partial charge in [-0.15, -0.1) is 0 Å². The summed E-state index contributed by atoms with van der Waals surface area (Å²) in [5, 5.41) is 4.13. The molecule has 0 amide bonds. The number of benzene rings is 1. The Labute approximate surface area is 127 Å². The SMILES string of the molecule is c1ccc2nc(N3CCOC(Cn4cncn4)C3)cnc2c1. The van der Waals surface area contributed by atoms with E-state index in [1.165, 1.54) is 6.33 Å². The summed E-state index contributed by atoms with van der Waals surface area (Å²) in [6.45, 7) is 2.96. The van der Waals surface area contributed by atoms with E-state index >= 15 is 0 Å². The molecular weight excluding hydrogens is 280 g/mol. The van der Waals surface area contributed by atoms with Gasteiger partial charge in [0.05, 0.1) is 36.5 Å². The van der Waals surface area contributed by atoms with E-state index in [1.807, 2.05) is 30.5 Å². The quantitative estimate of drug-likeness (QED) is 0.721. The van der Waals surface area contributed by atoms with Crippen LogP contribution in [0.2, 0.25) is 0 Å². The number of rotatable bonds is 3. The van der Waals surface area contributed by atoms with E-state index in [-0.39, 0.29) is 6.10 Å². The molecule has 1 aromatic carbocycles. The van der Waals surface area contributed by atoms with Crippen LogP contribution in [0.5, 0.6) is 0 Å². The van der Waals surface area contributed by atoms with Crippen molar-refractivity contribution < 1.29 is 4.74 Å². The summed E-state index contributed by atoms with van der Waals surface area (Å²) in [4.78, 5) is 15.4. The van der Waals surface area contributed by atoms with Crippen LogP contribution in [0.15, 0.2) is 43.1 Å².